The van der Waals surface area contributed by atoms with Crippen LogP contribution in [-0.4, -0.2) is 49.1 Å². The molecule has 0 bridgehead atoms. The fraction of sp³-hybridized carbons (Fsp3) is 0.400. The predicted molar refractivity (Wildman–Crippen MR) is 145 cm³/mol. The van der Waals surface area contributed by atoms with E-state index >= 15 is 0 Å². The van der Waals surface area contributed by atoms with Gasteiger partial charge in [0.05, 0.1) is 17.9 Å². The summed E-state index contributed by atoms with van der Waals surface area (Å²) in [6.07, 6.45) is 1.49. The molecule has 0 N–H and O–H groups in total. The van der Waals surface area contributed by atoms with Crippen LogP contribution in [0.25, 0.3) is 0 Å². The van der Waals surface area contributed by atoms with Gasteiger partial charge in [-0.2, -0.15) is 13.2 Å². The van der Waals surface area contributed by atoms with E-state index in [-0.39, 0.29) is 11.5 Å². The Morgan fingerprint density at radius 2 is 1.74 bits per heavy atom. The highest BCUT2D eigenvalue weighted by molar-refractivity contribution is 6.07. The van der Waals surface area contributed by atoms with Crippen molar-refractivity contribution in [2.75, 3.05) is 38.2 Å². The number of unbranched alkanes of at least 4 members (excludes halogenated alkanes) is 1. The topological polar surface area (TPSA) is 45.7 Å². The lowest BCUT2D eigenvalue weighted by Gasteiger charge is -2.26. The SMILES string of the molecule is CC(C)COc1ccccc1N(CCCCN(C)CCc1cccnc1)C(=O)c1cccc(C(F)(F)F)c1. The van der Waals surface area contributed by atoms with Gasteiger partial charge in [-0.1, -0.05) is 38.1 Å². The van der Waals surface area contributed by atoms with E-state index in [2.05, 4.69) is 23.0 Å². The summed E-state index contributed by atoms with van der Waals surface area (Å²) in [5.41, 5.74) is 0.880. The summed E-state index contributed by atoms with van der Waals surface area (Å²) >= 11 is 0. The van der Waals surface area contributed by atoms with Crippen molar-refractivity contribution in [3.63, 3.8) is 0 Å². The lowest BCUT2D eigenvalue weighted by Crippen LogP contribution is -2.33. The Bertz CT molecular complexity index is 1150. The van der Waals surface area contributed by atoms with E-state index in [1.54, 1.807) is 29.3 Å². The predicted octanol–water partition coefficient (Wildman–Crippen LogP) is 6.74. The molecule has 38 heavy (non-hydrogen) atoms. The third-order valence-electron chi connectivity index (χ3n) is 6.09. The smallest absolute Gasteiger partial charge is 0.416 e. The molecule has 1 amide bonds. The average molecular weight is 528 g/mol. The number of benzene rings is 2. The first-order chi connectivity index (χ1) is 18.1. The highest BCUT2D eigenvalue weighted by Crippen LogP contribution is 2.32. The Kier molecular flexibility index (Phi) is 10.7. The van der Waals surface area contributed by atoms with Crippen LogP contribution in [0, 0.1) is 5.92 Å². The molecule has 0 spiro atoms. The molecule has 5 nitrogen and oxygen atoms in total. The number of hydrogen-bond acceptors (Lipinski definition) is 4. The van der Waals surface area contributed by atoms with Gasteiger partial charge in [0.15, 0.2) is 0 Å². The number of carbonyl (C=O) groups is 1. The van der Waals surface area contributed by atoms with Gasteiger partial charge in [0.1, 0.15) is 5.75 Å². The van der Waals surface area contributed by atoms with Crippen molar-refractivity contribution in [2.45, 2.75) is 39.3 Å². The Balaban J connectivity index is 1.72. The first-order valence-electron chi connectivity index (χ1n) is 12.9. The molecule has 1 aromatic heterocycles. The van der Waals surface area contributed by atoms with E-state index < -0.39 is 17.6 Å². The number of ether oxygens (including phenoxy) is 1. The van der Waals surface area contributed by atoms with Crippen LogP contribution in [-0.2, 0) is 12.6 Å². The third kappa shape index (κ3) is 8.87. The van der Waals surface area contributed by atoms with Gasteiger partial charge in [-0.15, -0.1) is 0 Å². The molecule has 0 aliphatic rings. The van der Waals surface area contributed by atoms with Crippen LogP contribution in [0.15, 0.2) is 73.1 Å². The summed E-state index contributed by atoms with van der Waals surface area (Å²) in [4.78, 5) is 21.5. The molecule has 2 aromatic carbocycles. The van der Waals surface area contributed by atoms with Crippen molar-refractivity contribution in [1.82, 2.24) is 9.88 Å². The van der Waals surface area contributed by atoms with E-state index in [0.717, 1.165) is 38.1 Å². The van der Waals surface area contributed by atoms with E-state index in [1.165, 1.54) is 17.7 Å². The van der Waals surface area contributed by atoms with E-state index in [4.69, 9.17) is 4.74 Å². The Morgan fingerprint density at radius 3 is 2.45 bits per heavy atom. The standard InChI is InChI=1S/C30H36F3N3O2/c1-23(2)22-38-28-14-5-4-13-27(28)36(29(37)25-11-8-12-26(20-25)30(31,32)33)18-7-6-17-35(3)19-15-24-10-9-16-34-21-24/h4-5,8-14,16,20-21,23H,6-7,15,17-19,22H2,1-3H3. The number of halogens is 3. The van der Waals surface area contributed by atoms with Gasteiger partial charge in [0, 0.05) is 31.0 Å². The minimum atomic E-state index is -4.53. The minimum absolute atomic E-state index is 0.00734. The molecular formula is C30H36F3N3O2. The van der Waals surface area contributed by atoms with Crippen molar-refractivity contribution in [1.29, 1.82) is 0 Å². The molecule has 0 radical (unpaired) electrons. The maximum Gasteiger partial charge on any atom is 0.416 e. The van der Waals surface area contributed by atoms with Crippen LogP contribution >= 0.6 is 0 Å². The molecule has 3 rings (SSSR count). The lowest BCUT2D eigenvalue weighted by atomic mass is 10.1. The summed E-state index contributed by atoms with van der Waals surface area (Å²) in [5.74, 6) is 0.328. The molecule has 204 valence electrons. The number of aromatic nitrogens is 1. The maximum atomic E-state index is 13.6. The second-order valence-electron chi connectivity index (χ2n) is 9.83. The first kappa shape index (κ1) is 29.2. The van der Waals surface area contributed by atoms with E-state index in [0.29, 0.717) is 31.0 Å². The molecule has 3 aromatic rings. The summed E-state index contributed by atoms with van der Waals surface area (Å²) in [5, 5.41) is 0. The van der Waals surface area contributed by atoms with Crippen LogP contribution in [0.2, 0.25) is 0 Å². The van der Waals surface area contributed by atoms with Gasteiger partial charge in [-0.3, -0.25) is 9.78 Å². The second-order valence-corrected chi connectivity index (χ2v) is 9.83. The molecule has 8 heteroatoms. The number of alkyl halides is 3. The number of nitrogens with zero attached hydrogens (tertiary/aromatic N) is 3. The Labute approximate surface area is 223 Å². The van der Waals surface area contributed by atoms with Gasteiger partial charge in [0.25, 0.3) is 5.91 Å². The van der Waals surface area contributed by atoms with E-state index in [9.17, 15) is 18.0 Å². The van der Waals surface area contributed by atoms with Crippen molar-refractivity contribution in [2.24, 2.45) is 5.92 Å². The molecule has 0 fully saturated rings. The zero-order chi connectivity index (χ0) is 27.5. The van der Waals surface area contributed by atoms with Crippen molar-refractivity contribution in [3.05, 3.63) is 89.7 Å². The molecule has 0 aliphatic heterocycles. The van der Waals surface area contributed by atoms with Crippen LogP contribution in [0.5, 0.6) is 5.75 Å². The van der Waals surface area contributed by atoms with Gasteiger partial charge in [-0.25, -0.2) is 0 Å². The third-order valence-corrected chi connectivity index (χ3v) is 6.09. The fourth-order valence-corrected chi connectivity index (χ4v) is 4.00. The Morgan fingerprint density at radius 1 is 0.974 bits per heavy atom. The largest absolute Gasteiger partial charge is 0.491 e. The summed E-state index contributed by atoms with van der Waals surface area (Å²) < 4.78 is 46.0. The quantitative estimate of drug-likeness (QED) is 0.231. The summed E-state index contributed by atoms with van der Waals surface area (Å²) in [7, 11) is 2.05. The van der Waals surface area contributed by atoms with Crippen molar-refractivity contribution >= 4 is 11.6 Å². The number of likely N-dealkylation sites (N-methyl/N-ethyl adjacent to an activating group) is 1. The molecule has 1 heterocycles. The summed E-state index contributed by atoms with van der Waals surface area (Å²) in [6.45, 7) is 6.58. The number of rotatable bonds is 13. The number of hydrogen-bond donors (Lipinski definition) is 0. The van der Waals surface area contributed by atoms with E-state index in [1.807, 2.05) is 32.2 Å². The van der Waals surface area contributed by atoms with Gasteiger partial charge in [0.2, 0.25) is 0 Å². The highest BCUT2D eigenvalue weighted by atomic mass is 19.4. The molecule has 0 aliphatic carbocycles. The van der Waals surface area contributed by atoms with Gasteiger partial charge < -0.3 is 14.5 Å². The lowest BCUT2D eigenvalue weighted by molar-refractivity contribution is -0.137. The monoisotopic (exact) mass is 527 g/mol. The van der Waals surface area contributed by atoms with Crippen LogP contribution in [0.4, 0.5) is 18.9 Å². The van der Waals surface area contributed by atoms with Crippen molar-refractivity contribution < 1.29 is 22.7 Å². The average Bonchev–Trinajstić information content (AvgIpc) is 2.91. The number of amides is 1. The Hall–Kier alpha value is -3.39. The maximum absolute atomic E-state index is 13.6. The number of carbonyl (C=O) groups excluding carboxylic acids is 1. The summed E-state index contributed by atoms with van der Waals surface area (Å²) in [6, 6.07) is 15.8. The second kappa shape index (κ2) is 14.0. The molecular weight excluding hydrogens is 491 g/mol. The van der Waals surface area contributed by atoms with Crippen LogP contribution in [0.3, 0.4) is 0 Å². The molecule has 0 unspecified atom stereocenters. The number of para-hydroxylation sites is 2. The first-order valence-corrected chi connectivity index (χ1v) is 12.9. The van der Waals surface area contributed by atoms with Crippen LogP contribution < -0.4 is 9.64 Å². The molecule has 0 atom stereocenters. The number of anilines is 1. The fourth-order valence-electron chi connectivity index (χ4n) is 4.00. The van der Waals surface area contributed by atoms with Gasteiger partial charge >= 0.3 is 6.18 Å². The zero-order valence-corrected chi connectivity index (χ0v) is 22.2. The number of pyridine rings is 1. The highest BCUT2D eigenvalue weighted by Gasteiger charge is 2.31. The van der Waals surface area contributed by atoms with Crippen LogP contribution in [0.1, 0.15) is 48.2 Å². The minimum Gasteiger partial charge on any atom is -0.491 e. The normalized spacial score (nSPS) is 11.7. The van der Waals surface area contributed by atoms with Crippen molar-refractivity contribution in [3.8, 4) is 5.75 Å². The van der Waals surface area contributed by atoms with Gasteiger partial charge in [-0.05, 0) is 80.7 Å². The zero-order valence-electron chi connectivity index (χ0n) is 22.2. The molecule has 0 saturated heterocycles. The molecule has 0 saturated carbocycles.